The van der Waals surface area contributed by atoms with E-state index >= 15 is 0 Å². The van der Waals surface area contributed by atoms with E-state index in [1.807, 2.05) is 103 Å². The summed E-state index contributed by atoms with van der Waals surface area (Å²) in [6.07, 6.45) is -6.59. The Balaban J connectivity index is 1.15. The lowest BCUT2D eigenvalue weighted by molar-refractivity contribution is -0.132. The van der Waals surface area contributed by atoms with Crippen LogP contribution < -0.4 is 30.7 Å². The number of benzene rings is 7. The lowest BCUT2D eigenvalue weighted by Gasteiger charge is -2.27. The molecule has 0 unspecified atom stereocenters. The Hall–Kier alpha value is -9.15. The predicted molar refractivity (Wildman–Crippen MR) is 281 cm³/mol. The van der Waals surface area contributed by atoms with E-state index in [0.717, 1.165) is 16.7 Å². The van der Waals surface area contributed by atoms with Crippen molar-refractivity contribution in [2.24, 2.45) is 0 Å². The van der Waals surface area contributed by atoms with E-state index in [-0.39, 0.29) is 45.9 Å². The quantitative estimate of drug-likeness (QED) is 0.0403. The number of hydrogen-bond donors (Lipinski definition) is 5. The summed E-state index contributed by atoms with van der Waals surface area (Å²) in [5.41, 5.74) is 6.32. The number of carbonyl (C=O) groups is 5. The standard InChI is InChI=1S/C60H58N4O12/c65-50(35-61-58(68)73-38-43-20-10-3-11-21-43)34-52-57(67)64-55(76-60(70)75-40-45-24-14-5-15-25-45)33-49-31-47(27-29-54(49)72-37-42-18-8-2-9-19-42)46-26-28-53(71-36-41-16-6-1-7-17-41)48(30-46)32-51(56(66)62-52)63-59(69)74-39-44-22-12-4-13-23-44/h1-31,50-52,55,65H,32-40H2,(H,61,68)(H,62,66)(H,63,69)(H,64,67)/t50-,51+,52+,55+/m1/s1. The summed E-state index contributed by atoms with van der Waals surface area (Å²) < 4.78 is 35.1. The topological polar surface area (TPSA) is 209 Å². The Bertz CT molecular complexity index is 3010. The number of nitrogens with one attached hydrogen (secondary N) is 4. The molecule has 16 nitrogen and oxygen atoms in total. The number of rotatable bonds is 18. The van der Waals surface area contributed by atoms with Crippen LogP contribution in [-0.2, 0) is 74.4 Å². The summed E-state index contributed by atoms with van der Waals surface area (Å²) in [5, 5.41) is 22.2. The molecule has 5 N–H and O–H groups in total. The summed E-state index contributed by atoms with van der Waals surface area (Å²) in [5.74, 6) is -0.903. The molecule has 7 aromatic rings. The van der Waals surface area contributed by atoms with Crippen molar-refractivity contribution in [1.29, 1.82) is 0 Å². The summed E-state index contributed by atoms with van der Waals surface area (Å²) >= 11 is 0. The van der Waals surface area contributed by atoms with Crippen molar-refractivity contribution in [3.63, 3.8) is 0 Å². The molecule has 4 bridgehead atoms. The van der Waals surface area contributed by atoms with Gasteiger partial charge < -0.3 is 54.8 Å². The first-order valence-electron chi connectivity index (χ1n) is 24.8. The average molecular weight is 1030 g/mol. The molecule has 0 spiro atoms. The van der Waals surface area contributed by atoms with E-state index < -0.39 is 67.5 Å². The molecule has 1 heterocycles. The minimum absolute atomic E-state index is 0.0367. The normalized spacial score (nSPS) is 15.7. The molecule has 8 rings (SSSR count). The highest BCUT2D eigenvalue weighted by Crippen LogP contribution is 2.33. The fraction of sp³-hybridized carbons (Fsp3) is 0.217. The highest BCUT2D eigenvalue weighted by Gasteiger charge is 2.33. The fourth-order valence-corrected chi connectivity index (χ4v) is 8.21. The number of aliphatic hydroxyl groups excluding tert-OH is 1. The van der Waals surface area contributed by atoms with Crippen LogP contribution in [0, 0.1) is 0 Å². The molecule has 4 atom stereocenters. The molecule has 16 heteroatoms. The molecule has 7 aromatic carbocycles. The van der Waals surface area contributed by atoms with Crippen LogP contribution in [0.25, 0.3) is 11.1 Å². The number of aliphatic hydroxyl groups is 1. The predicted octanol–water partition coefficient (Wildman–Crippen LogP) is 8.86. The maximum absolute atomic E-state index is 14.8. The fourth-order valence-electron chi connectivity index (χ4n) is 8.21. The second-order valence-electron chi connectivity index (χ2n) is 17.9. The van der Waals surface area contributed by atoms with Gasteiger partial charge in [0.15, 0.2) is 6.23 Å². The molecule has 1 aliphatic rings. The molecule has 0 aromatic heterocycles. The second kappa shape index (κ2) is 27.2. The van der Waals surface area contributed by atoms with Gasteiger partial charge in [0.2, 0.25) is 11.8 Å². The molecule has 0 saturated carbocycles. The Labute approximate surface area is 440 Å². The van der Waals surface area contributed by atoms with Crippen molar-refractivity contribution in [2.45, 2.75) is 76.7 Å². The van der Waals surface area contributed by atoms with Crippen LogP contribution >= 0.6 is 0 Å². The summed E-state index contributed by atoms with van der Waals surface area (Å²) in [4.78, 5) is 69.7. The van der Waals surface area contributed by atoms with Gasteiger partial charge in [-0.2, -0.15) is 0 Å². The zero-order valence-electron chi connectivity index (χ0n) is 41.5. The molecular formula is C60H58N4O12. The van der Waals surface area contributed by atoms with Crippen LogP contribution in [0.1, 0.15) is 45.4 Å². The number of fused-ring (bicyclic) bond motifs is 5. The third-order valence-corrected chi connectivity index (χ3v) is 12.2. The Kier molecular flexibility index (Phi) is 19.0. The van der Waals surface area contributed by atoms with Crippen molar-refractivity contribution in [1.82, 2.24) is 21.3 Å². The smallest absolute Gasteiger partial charge is 0.489 e. The second-order valence-corrected chi connectivity index (χ2v) is 17.9. The minimum atomic E-state index is -1.58. The molecule has 0 radical (unpaired) electrons. The van der Waals surface area contributed by atoms with Gasteiger partial charge in [0.25, 0.3) is 0 Å². The van der Waals surface area contributed by atoms with Gasteiger partial charge in [-0.05, 0) is 68.8 Å². The van der Waals surface area contributed by atoms with Gasteiger partial charge >= 0.3 is 18.3 Å². The summed E-state index contributed by atoms with van der Waals surface area (Å²) in [6.45, 7) is -0.312. The van der Waals surface area contributed by atoms with E-state index in [2.05, 4.69) is 21.3 Å². The molecule has 0 saturated heterocycles. The van der Waals surface area contributed by atoms with Gasteiger partial charge in [-0.3, -0.25) is 9.59 Å². The summed E-state index contributed by atoms with van der Waals surface area (Å²) in [6, 6.07) is 54.0. The maximum Gasteiger partial charge on any atom is 0.510 e. The molecular weight excluding hydrogens is 969 g/mol. The number of amides is 4. The lowest BCUT2D eigenvalue weighted by Crippen LogP contribution is -2.57. The summed E-state index contributed by atoms with van der Waals surface area (Å²) in [7, 11) is 0. The Morgan fingerprint density at radius 3 is 1.43 bits per heavy atom. The number of hydrogen-bond acceptors (Lipinski definition) is 12. The molecule has 1 aliphatic heterocycles. The first-order chi connectivity index (χ1) is 37.1. The van der Waals surface area contributed by atoms with Crippen LogP contribution in [0.15, 0.2) is 188 Å². The van der Waals surface area contributed by atoms with Crippen LogP contribution in [0.3, 0.4) is 0 Å². The van der Waals surface area contributed by atoms with Crippen LogP contribution in [0.5, 0.6) is 11.5 Å². The van der Waals surface area contributed by atoms with E-state index in [4.69, 9.17) is 28.4 Å². The van der Waals surface area contributed by atoms with Crippen LogP contribution in [0.4, 0.5) is 14.4 Å². The Morgan fingerprint density at radius 1 is 0.513 bits per heavy atom. The third kappa shape index (κ3) is 16.4. The Morgan fingerprint density at radius 2 is 0.947 bits per heavy atom. The van der Waals surface area contributed by atoms with Gasteiger partial charge in [-0.15, -0.1) is 0 Å². The van der Waals surface area contributed by atoms with E-state index in [1.54, 1.807) is 84.9 Å². The number of carbonyl (C=O) groups excluding carboxylic acids is 5. The van der Waals surface area contributed by atoms with Crippen molar-refractivity contribution in [3.05, 3.63) is 227 Å². The first-order valence-corrected chi connectivity index (χ1v) is 24.8. The SMILES string of the molecule is O=C(NC[C@H](O)C[C@@H]1NC(=O)[C@@H](NC(=O)OCc2ccccc2)Cc2cc(ccc2OCc2ccccc2)-c2ccc(OCc3ccccc3)c(c2)C[C@H](OC(=O)OCc2ccccc2)NC1=O)OCc1ccccc1. The van der Waals surface area contributed by atoms with Gasteiger partial charge in [-0.25, -0.2) is 14.4 Å². The maximum atomic E-state index is 14.8. The van der Waals surface area contributed by atoms with Crippen molar-refractivity contribution in [2.75, 3.05) is 6.54 Å². The lowest BCUT2D eigenvalue weighted by atomic mass is 9.96. The van der Waals surface area contributed by atoms with Crippen molar-refractivity contribution in [3.8, 4) is 22.6 Å². The molecule has 76 heavy (non-hydrogen) atoms. The first kappa shape index (κ1) is 53.2. The van der Waals surface area contributed by atoms with Gasteiger partial charge in [0.1, 0.15) is 56.6 Å². The third-order valence-electron chi connectivity index (χ3n) is 12.2. The number of ether oxygens (including phenoxy) is 6. The minimum Gasteiger partial charge on any atom is -0.489 e. The highest BCUT2D eigenvalue weighted by molar-refractivity contribution is 5.92. The molecule has 390 valence electrons. The zero-order valence-corrected chi connectivity index (χ0v) is 41.5. The highest BCUT2D eigenvalue weighted by atomic mass is 16.7. The van der Waals surface area contributed by atoms with Crippen molar-refractivity contribution < 1.29 is 57.5 Å². The zero-order chi connectivity index (χ0) is 52.9. The van der Waals surface area contributed by atoms with Crippen LogP contribution in [-0.4, -0.2) is 66.2 Å². The van der Waals surface area contributed by atoms with Crippen molar-refractivity contribution >= 4 is 30.2 Å². The van der Waals surface area contributed by atoms with E-state index in [9.17, 15) is 29.1 Å². The van der Waals surface area contributed by atoms with E-state index in [1.165, 1.54) is 0 Å². The monoisotopic (exact) mass is 1030 g/mol. The van der Waals surface area contributed by atoms with Gasteiger partial charge in [-0.1, -0.05) is 164 Å². The van der Waals surface area contributed by atoms with Gasteiger partial charge in [0.05, 0.1) is 6.10 Å². The largest absolute Gasteiger partial charge is 0.510 e. The number of alkyl carbamates (subject to hydrolysis) is 2. The van der Waals surface area contributed by atoms with Gasteiger partial charge in [0, 0.05) is 31.4 Å². The van der Waals surface area contributed by atoms with Crippen LogP contribution in [0.2, 0.25) is 0 Å². The molecule has 0 fully saturated rings. The molecule has 4 amide bonds. The molecule has 0 aliphatic carbocycles. The van der Waals surface area contributed by atoms with E-state index in [0.29, 0.717) is 44.9 Å². The average Bonchev–Trinajstić information content (AvgIpc) is 3.45.